The van der Waals surface area contributed by atoms with Gasteiger partial charge in [0.05, 0.1) is 5.56 Å². The van der Waals surface area contributed by atoms with Gasteiger partial charge in [-0.05, 0) is 12.1 Å². The Hall–Kier alpha value is -1.71. The number of nitrogens with one attached hydrogen (secondary N) is 1. The van der Waals surface area contributed by atoms with Crippen LogP contribution in [0.25, 0.3) is 0 Å². The summed E-state index contributed by atoms with van der Waals surface area (Å²) in [4.78, 5) is 10.4. The minimum atomic E-state index is -1.02. The first kappa shape index (κ1) is 7.40. The molecule has 57 valence electrons. The van der Waals surface area contributed by atoms with Crippen LogP contribution in [0.5, 0.6) is 11.5 Å². The Morgan fingerprint density at radius 3 is 2.45 bits per heavy atom. The van der Waals surface area contributed by atoms with E-state index < -0.39 is 11.7 Å². The lowest BCUT2D eigenvalue weighted by Gasteiger charge is -1.99. The quantitative estimate of drug-likeness (QED) is 0.575. The lowest BCUT2D eigenvalue weighted by Crippen LogP contribution is -1.98. The number of phenolic OH excluding ortho intramolecular Hbond substituents is 2. The van der Waals surface area contributed by atoms with Crippen LogP contribution in [-0.2, 0) is 0 Å². The highest BCUT2D eigenvalue weighted by molar-refractivity contribution is 5.95. The van der Waals surface area contributed by atoms with Gasteiger partial charge in [0, 0.05) is 0 Å². The van der Waals surface area contributed by atoms with Crippen LogP contribution >= 0.6 is 0 Å². The zero-order valence-corrected chi connectivity index (χ0v) is 5.53. The number of carbonyl (C=O) groups is 1. The first-order chi connectivity index (χ1) is 5.13. The van der Waals surface area contributed by atoms with Gasteiger partial charge in [-0.3, -0.25) is 10.5 Å². The molecule has 1 rings (SSSR count). The van der Waals surface area contributed by atoms with Gasteiger partial charge >= 0.3 is 0 Å². The fourth-order valence-electron chi connectivity index (χ4n) is 0.715. The summed E-state index contributed by atoms with van der Waals surface area (Å²) in [5.74, 6) is -1.94. The van der Waals surface area contributed by atoms with Gasteiger partial charge in [0.25, 0.3) is 5.91 Å². The lowest BCUT2D eigenvalue weighted by atomic mass is 10.2. The second kappa shape index (κ2) is 2.49. The van der Waals surface area contributed by atoms with Crippen molar-refractivity contribution in [1.82, 2.24) is 5.73 Å². The van der Waals surface area contributed by atoms with E-state index in [9.17, 15) is 4.79 Å². The molecule has 0 saturated heterocycles. The van der Waals surface area contributed by atoms with E-state index in [4.69, 9.17) is 15.9 Å². The highest BCUT2D eigenvalue weighted by Gasteiger charge is 2.09. The van der Waals surface area contributed by atoms with Crippen molar-refractivity contribution >= 4 is 5.91 Å². The zero-order valence-electron chi connectivity index (χ0n) is 5.53. The van der Waals surface area contributed by atoms with Gasteiger partial charge in [-0.25, -0.2) is 0 Å². The molecule has 0 aliphatic heterocycles. The molecule has 11 heavy (non-hydrogen) atoms. The van der Waals surface area contributed by atoms with E-state index >= 15 is 0 Å². The van der Waals surface area contributed by atoms with Crippen molar-refractivity contribution < 1.29 is 15.0 Å². The summed E-state index contributed by atoms with van der Waals surface area (Å²) in [6, 6.07) is 3.89. The van der Waals surface area contributed by atoms with Crippen LogP contribution in [-0.4, -0.2) is 16.1 Å². The molecule has 0 fully saturated rings. The number of carbonyl (C=O) groups excluding carboxylic acids is 1. The zero-order chi connectivity index (χ0) is 8.43. The molecule has 0 heterocycles. The molecule has 0 unspecified atom stereocenters. The van der Waals surface area contributed by atoms with E-state index in [0.717, 1.165) is 0 Å². The van der Waals surface area contributed by atoms with Crippen LogP contribution in [0.15, 0.2) is 18.2 Å². The molecule has 1 aromatic rings. The summed E-state index contributed by atoms with van der Waals surface area (Å²) in [6.45, 7) is 0. The number of benzene rings is 1. The normalized spacial score (nSPS) is 9.45. The Labute approximate surface area is 62.9 Å². The third-order valence-electron chi connectivity index (χ3n) is 1.26. The van der Waals surface area contributed by atoms with Crippen LogP contribution in [0.4, 0.5) is 0 Å². The summed E-state index contributed by atoms with van der Waals surface area (Å²) in [6.07, 6.45) is 0. The van der Waals surface area contributed by atoms with Gasteiger partial charge in [-0.1, -0.05) is 6.07 Å². The van der Waals surface area contributed by atoms with Crippen molar-refractivity contribution in [3.63, 3.8) is 0 Å². The van der Waals surface area contributed by atoms with Crippen LogP contribution in [0.3, 0.4) is 0 Å². The fourth-order valence-corrected chi connectivity index (χ4v) is 0.715. The molecule has 0 saturated carbocycles. The maximum atomic E-state index is 10.4. The van der Waals surface area contributed by atoms with E-state index in [-0.39, 0.29) is 11.3 Å². The Kier molecular flexibility index (Phi) is 1.68. The molecule has 0 spiro atoms. The van der Waals surface area contributed by atoms with Crippen molar-refractivity contribution in [2.45, 2.75) is 0 Å². The largest absolute Gasteiger partial charge is 0.504 e. The SMILES string of the molecule is [NH]C(=O)c1cccc(O)c1O. The minimum absolute atomic E-state index is 0.190. The molecule has 4 heteroatoms. The van der Waals surface area contributed by atoms with E-state index in [1.54, 1.807) is 0 Å². The molecule has 0 bridgehead atoms. The maximum Gasteiger partial charge on any atom is 0.273 e. The Morgan fingerprint density at radius 2 is 2.00 bits per heavy atom. The van der Waals surface area contributed by atoms with Crippen molar-refractivity contribution in [3.8, 4) is 11.5 Å². The Bertz CT molecular complexity index is 296. The van der Waals surface area contributed by atoms with Crippen molar-refractivity contribution in [3.05, 3.63) is 23.8 Å². The average Bonchev–Trinajstić information content (AvgIpc) is 1.94. The van der Waals surface area contributed by atoms with E-state index in [0.29, 0.717) is 0 Å². The van der Waals surface area contributed by atoms with Gasteiger partial charge in [-0.15, -0.1) is 0 Å². The molecule has 1 amide bonds. The van der Waals surface area contributed by atoms with Crippen LogP contribution < -0.4 is 5.73 Å². The average molecular weight is 152 g/mol. The van der Waals surface area contributed by atoms with Gasteiger partial charge in [0.1, 0.15) is 0 Å². The fraction of sp³-hybridized carbons (Fsp3) is 0. The smallest absolute Gasteiger partial charge is 0.273 e. The van der Waals surface area contributed by atoms with Crippen molar-refractivity contribution in [1.29, 1.82) is 0 Å². The molecule has 0 atom stereocenters. The molecule has 3 N–H and O–H groups in total. The molecule has 0 aliphatic carbocycles. The van der Waals surface area contributed by atoms with Crippen LogP contribution in [0.2, 0.25) is 0 Å². The molecule has 1 aromatic carbocycles. The second-order valence-corrected chi connectivity index (χ2v) is 2.00. The number of para-hydroxylation sites is 1. The van der Waals surface area contributed by atoms with Gasteiger partial charge < -0.3 is 10.2 Å². The standard InChI is InChI=1S/C7H6NO3/c8-7(11)4-2-1-3-5(9)6(4)10/h1-3,8-10H. The number of amides is 1. The van der Waals surface area contributed by atoms with E-state index in [1.807, 2.05) is 0 Å². The summed E-state index contributed by atoms with van der Waals surface area (Å²) >= 11 is 0. The topological polar surface area (TPSA) is 81.3 Å². The predicted molar refractivity (Wildman–Crippen MR) is 37.2 cm³/mol. The summed E-state index contributed by atoms with van der Waals surface area (Å²) in [7, 11) is 0. The van der Waals surface area contributed by atoms with Crippen molar-refractivity contribution in [2.75, 3.05) is 0 Å². The third-order valence-corrected chi connectivity index (χ3v) is 1.26. The lowest BCUT2D eigenvalue weighted by molar-refractivity contribution is 0.0989. The maximum absolute atomic E-state index is 10.4. The van der Waals surface area contributed by atoms with Gasteiger partial charge in [0.2, 0.25) is 0 Å². The number of phenols is 2. The Morgan fingerprint density at radius 1 is 1.36 bits per heavy atom. The molecular formula is C7H6NO3. The number of aromatic hydroxyl groups is 2. The summed E-state index contributed by atoms with van der Waals surface area (Å²) < 4.78 is 0. The number of hydrogen-bond donors (Lipinski definition) is 2. The molecular weight excluding hydrogens is 146 g/mol. The molecule has 0 aromatic heterocycles. The molecule has 1 radical (unpaired) electrons. The molecule has 0 aliphatic rings. The first-order valence-electron chi connectivity index (χ1n) is 2.90. The van der Waals surface area contributed by atoms with E-state index in [1.165, 1.54) is 18.2 Å². The van der Waals surface area contributed by atoms with Crippen LogP contribution in [0, 0.1) is 0 Å². The van der Waals surface area contributed by atoms with E-state index in [2.05, 4.69) is 0 Å². The Balaban J connectivity index is 3.27. The predicted octanol–water partition coefficient (Wildman–Crippen LogP) is 0.521. The second-order valence-electron chi connectivity index (χ2n) is 2.00. The highest BCUT2D eigenvalue weighted by Crippen LogP contribution is 2.27. The monoisotopic (exact) mass is 152 g/mol. The van der Waals surface area contributed by atoms with Gasteiger partial charge in [-0.2, -0.15) is 0 Å². The van der Waals surface area contributed by atoms with Gasteiger partial charge in [0.15, 0.2) is 11.5 Å². The number of hydrogen-bond acceptors (Lipinski definition) is 3. The highest BCUT2D eigenvalue weighted by atomic mass is 16.3. The summed E-state index contributed by atoms with van der Waals surface area (Å²) in [5.41, 5.74) is 6.46. The summed E-state index contributed by atoms with van der Waals surface area (Å²) in [5, 5.41) is 17.8. The molecule has 4 nitrogen and oxygen atoms in total. The first-order valence-corrected chi connectivity index (χ1v) is 2.90. The third kappa shape index (κ3) is 1.24. The van der Waals surface area contributed by atoms with Crippen LogP contribution in [0.1, 0.15) is 10.4 Å². The number of rotatable bonds is 1. The van der Waals surface area contributed by atoms with Crippen molar-refractivity contribution in [2.24, 2.45) is 0 Å². The minimum Gasteiger partial charge on any atom is -0.504 e.